The lowest BCUT2D eigenvalue weighted by Gasteiger charge is -2.08. The smallest absolute Gasteiger partial charge is 0.323 e. The van der Waals surface area contributed by atoms with Gasteiger partial charge in [0.25, 0.3) is 0 Å². The summed E-state index contributed by atoms with van der Waals surface area (Å²) in [6.07, 6.45) is 0. The van der Waals surface area contributed by atoms with Crippen molar-refractivity contribution < 1.29 is 9.53 Å². The minimum Gasteiger partial charge on any atom is -0.480 e. The van der Waals surface area contributed by atoms with E-state index in [0.29, 0.717) is 22.3 Å². The van der Waals surface area contributed by atoms with Crippen molar-refractivity contribution in [1.29, 1.82) is 0 Å². The quantitative estimate of drug-likeness (QED) is 0.736. The van der Waals surface area contributed by atoms with E-state index >= 15 is 0 Å². The molecule has 3 aromatic rings. The summed E-state index contributed by atoms with van der Waals surface area (Å²) in [5.74, 6) is 0.557. The number of carbonyl (C=O) groups excluding carboxylic acids is 1. The van der Waals surface area contributed by atoms with Gasteiger partial charge in [-0.2, -0.15) is 4.37 Å². The minimum atomic E-state index is -0.330. The lowest BCUT2D eigenvalue weighted by molar-refractivity contribution is 0.262. The van der Waals surface area contributed by atoms with Gasteiger partial charge in [-0.3, -0.25) is 0 Å². The third-order valence-electron chi connectivity index (χ3n) is 2.99. The van der Waals surface area contributed by atoms with Crippen LogP contribution in [0, 0.1) is 0 Å². The fourth-order valence-corrected chi connectivity index (χ4v) is 2.82. The van der Waals surface area contributed by atoms with Crippen LogP contribution >= 0.6 is 23.1 Å². The lowest BCUT2D eigenvalue weighted by Crippen LogP contribution is -2.19. The Morgan fingerprint density at radius 3 is 2.55 bits per heavy atom. The summed E-state index contributed by atoms with van der Waals surface area (Å²) in [4.78, 5) is 12.0. The van der Waals surface area contributed by atoms with Crippen molar-refractivity contribution in [2.75, 3.05) is 17.7 Å². The number of methoxy groups -OCH3 is 1. The molecule has 0 aliphatic heterocycles. The van der Waals surface area contributed by atoms with E-state index in [0.717, 1.165) is 10.1 Å². The monoisotopic (exact) mass is 333 g/mol. The highest BCUT2D eigenvalue weighted by atomic mass is 35.5. The summed E-state index contributed by atoms with van der Waals surface area (Å²) in [5, 5.41) is 7.00. The van der Waals surface area contributed by atoms with Gasteiger partial charge in [-0.05, 0) is 54.0 Å². The molecule has 2 aromatic carbocycles. The molecular formula is C15H12ClN3O2S. The second-order valence-corrected chi connectivity index (χ2v) is 5.73. The number of hydrogen-bond donors (Lipinski definition) is 2. The topological polar surface area (TPSA) is 63.2 Å². The van der Waals surface area contributed by atoms with Gasteiger partial charge in [0, 0.05) is 16.4 Å². The van der Waals surface area contributed by atoms with E-state index in [9.17, 15) is 4.79 Å². The molecule has 0 saturated carbocycles. The molecule has 7 heteroatoms. The van der Waals surface area contributed by atoms with Gasteiger partial charge in [0.2, 0.25) is 5.88 Å². The number of aromatic nitrogens is 1. The van der Waals surface area contributed by atoms with Crippen molar-refractivity contribution in [2.24, 2.45) is 0 Å². The number of rotatable bonds is 3. The van der Waals surface area contributed by atoms with Gasteiger partial charge in [0.1, 0.15) is 0 Å². The van der Waals surface area contributed by atoms with Gasteiger partial charge in [0.15, 0.2) is 0 Å². The zero-order valence-corrected chi connectivity index (χ0v) is 13.2. The molecule has 0 atom stereocenters. The third-order valence-corrected chi connectivity index (χ3v) is 4.05. The van der Waals surface area contributed by atoms with Crippen LogP contribution in [-0.4, -0.2) is 17.5 Å². The Bertz CT molecular complexity index is 817. The number of benzene rings is 2. The highest BCUT2D eigenvalue weighted by molar-refractivity contribution is 7.13. The average Bonchev–Trinajstić information content (AvgIpc) is 2.92. The molecule has 0 aliphatic carbocycles. The van der Waals surface area contributed by atoms with Crippen LogP contribution in [0.1, 0.15) is 0 Å². The summed E-state index contributed by atoms with van der Waals surface area (Å²) in [6.45, 7) is 0. The molecule has 1 heterocycles. The van der Waals surface area contributed by atoms with Crippen LogP contribution in [0.3, 0.4) is 0 Å². The fourth-order valence-electron chi connectivity index (χ4n) is 1.97. The van der Waals surface area contributed by atoms with Gasteiger partial charge in [-0.1, -0.05) is 11.6 Å². The molecule has 0 radical (unpaired) electrons. The number of urea groups is 1. The Balaban J connectivity index is 1.74. The number of nitrogens with zero attached hydrogens (tertiary/aromatic N) is 1. The summed E-state index contributed by atoms with van der Waals surface area (Å²) in [5.41, 5.74) is 1.33. The van der Waals surface area contributed by atoms with Crippen molar-refractivity contribution >= 4 is 50.6 Å². The van der Waals surface area contributed by atoms with Gasteiger partial charge < -0.3 is 15.4 Å². The Morgan fingerprint density at radius 2 is 1.82 bits per heavy atom. The number of anilines is 2. The second kappa shape index (κ2) is 6.21. The molecule has 2 amide bonds. The lowest BCUT2D eigenvalue weighted by atomic mass is 10.2. The number of halogens is 1. The first-order chi connectivity index (χ1) is 10.7. The zero-order valence-electron chi connectivity index (χ0n) is 11.6. The Morgan fingerprint density at radius 1 is 1.14 bits per heavy atom. The van der Waals surface area contributed by atoms with E-state index in [1.807, 2.05) is 18.2 Å². The summed E-state index contributed by atoms with van der Waals surface area (Å²) in [7, 11) is 1.57. The molecule has 0 fully saturated rings. The van der Waals surface area contributed by atoms with Crippen molar-refractivity contribution in [3.8, 4) is 5.88 Å². The number of fused-ring (bicyclic) bond motifs is 1. The molecule has 0 spiro atoms. The Hall–Kier alpha value is -2.31. The number of hydrogen-bond acceptors (Lipinski definition) is 4. The SMILES string of the molecule is COc1nsc2ccc(NC(=O)Nc3ccc(Cl)cc3)cc12. The first-order valence-corrected chi connectivity index (χ1v) is 7.58. The molecule has 3 rings (SSSR count). The van der Waals surface area contributed by atoms with Crippen molar-refractivity contribution in [1.82, 2.24) is 4.37 Å². The maximum atomic E-state index is 12.0. The first kappa shape index (κ1) is 14.6. The van der Waals surface area contributed by atoms with E-state index in [4.69, 9.17) is 16.3 Å². The van der Waals surface area contributed by atoms with Crippen molar-refractivity contribution in [3.05, 3.63) is 47.5 Å². The molecule has 5 nitrogen and oxygen atoms in total. The van der Waals surface area contributed by atoms with E-state index in [1.165, 1.54) is 11.5 Å². The molecule has 112 valence electrons. The van der Waals surface area contributed by atoms with Crippen LogP contribution in [0.5, 0.6) is 5.88 Å². The normalized spacial score (nSPS) is 10.5. The van der Waals surface area contributed by atoms with Gasteiger partial charge in [-0.15, -0.1) is 0 Å². The summed E-state index contributed by atoms with van der Waals surface area (Å²) in [6, 6.07) is 12.1. The predicted molar refractivity (Wildman–Crippen MR) is 90.3 cm³/mol. The molecule has 0 aliphatic rings. The van der Waals surface area contributed by atoms with Gasteiger partial charge in [0.05, 0.1) is 17.2 Å². The van der Waals surface area contributed by atoms with Crippen molar-refractivity contribution in [2.45, 2.75) is 0 Å². The maximum Gasteiger partial charge on any atom is 0.323 e. The van der Waals surface area contributed by atoms with Crippen LogP contribution in [-0.2, 0) is 0 Å². The number of ether oxygens (including phenoxy) is 1. The number of amides is 2. The van der Waals surface area contributed by atoms with Gasteiger partial charge in [-0.25, -0.2) is 4.79 Å². The van der Waals surface area contributed by atoms with E-state index in [2.05, 4.69) is 15.0 Å². The van der Waals surface area contributed by atoms with Gasteiger partial charge >= 0.3 is 6.03 Å². The standard InChI is InChI=1S/C15H12ClN3O2S/c1-21-14-12-8-11(6-7-13(12)22-19-14)18-15(20)17-10-4-2-9(16)3-5-10/h2-8H,1H3,(H2,17,18,20). The van der Waals surface area contributed by atoms with E-state index in [1.54, 1.807) is 31.4 Å². The molecule has 0 unspecified atom stereocenters. The molecule has 2 N–H and O–H groups in total. The van der Waals surface area contributed by atoms with Crippen LogP contribution in [0.25, 0.3) is 10.1 Å². The van der Waals surface area contributed by atoms with Crippen LogP contribution in [0.2, 0.25) is 5.02 Å². The fraction of sp³-hybridized carbons (Fsp3) is 0.0667. The third kappa shape index (κ3) is 3.13. The Kier molecular flexibility index (Phi) is 4.13. The summed E-state index contributed by atoms with van der Waals surface area (Å²) < 4.78 is 10.4. The van der Waals surface area contributed by atoms with Crippen LogP contribution in [0.15, 0.2) is 42.5 Å². The largest absolute Gasteiger partial charge is 0.480 e. The maximum absolute atomic E-state index is 12.0. The van der Waals surface area contributed by atoms with Crippen molar-refractivity contribution in [3.63, 3.8) is 0 Å². The first-order valence-electron chi connectivity index (χ1n) is 6.43. The highest BCUT2D eigenvalue weighted by Crippen LogP contribution is 2.30. The molecule has 22 heavy (non-hydrogen) atoms. The number of carbonyl (C=O) groups is 1. The molecule has 0 bridgehead atoms. The predicted octanol–water partition coefficient (Wildman–Crippen LogP) is 4.60. The minimum absolute atomic E-state index is 0.330. The van der Waals surface area contributed by atoms with E-state index in [-0.39, 0.29) is 6.03 Å². The molecule has 1 aromatic heterocycles. The van der Waals surface area contributed by atoms with Crippen LogP contribution < -0.4 is 15.4 Å². The molecular weight excluding hydrogens is 322 g/mol. The van der Waals surface area contributed by atoms with Crippen LogP contribution in [0.4, 0.5) is 16.2 Å². The van der Waals surface area contributed by atoms with E-state index < -0.39 is 0 Å². The Labute approximate surface area is 136 Å². The zero-order chi connectivity index (χ0) is 15.5. The molecule has 0 saturated heterocycles. The summed E-state index contributed by atoms with van der Waals surface area (Å²) >= 11 is 7.16. The number of nitrogens with one attached hydrogen (secondary N) is 2. The highest BCUT2D eigenvalue weighted by Gasteiger charge is 2.09. The average molecular weight is 334 g/mol. The second-order valence-electron chi connectivity index (χ2n) is 4.49.